The predicted octanol–water partition coefficient (Wildman–Crippen LogP) is 3.89. The number of benzene rings is 1. The second-order valence-electron chi connectivity index (χ2n) is 6.84. The summed E-state index contributed by atoms with van der Waals surface area (Å²) >= 11 is 0. The van der Waals surface area contributed by atoms with Gasteiger partial charge in [-0.2, -0.15) is 0 Å². The van der Waals surface area contributed by atoms with Gasteiger partial charge >= 0.3 is 5.97 Å². The summed E-state index contributed by atoms with van der Waals surface area (Å²) in [5, 5.41) is 15.3. The number of anilines is 1. The second-order valence-corrected chi connectivity index (χ2v) is 6.84. The number of aryl methyl sites for hydroxylation is 2. The molecule has 1 rings (SSSR count). The average molecular weight is 348 g/mol. The number of rotatable bonds is 11. The average Bonchev–Trinajstić information content (AvgIpc) is 2.52. The summed E-state index contributed by atoms with van der Waals surface area (Å²) in [6, 6.07) is 4.93. The summed E-state index contributed by atoms with van der Waals surface area (Å²) in [5.74, 6) is -0.822. The van der Waals surface area contributed by atoms with Gasteiger partial charge in [0.25, 0.3) is 0 Å². The van der Waals surface area contributed by atoms with Crippen molar-refractivity contribution in [3.8, 4) is 0 Å². The number of hydrogen-bond acceptors (Lipinski definition) is 3. The summed E-state index contributed by atoms with van der Waals surface area (Å²) in [6.45, 7) is 8.82. The predicted molar refractivity (Wildman–Crippen MR) is 102 cm³/mol. The van der Waals surface area contributed by atoms with Gasteiger partial charge in [0.1, 0.15) is 6.04 Å². The zero-order chi connectivity index (χ0) is 18.8. The van der Waals surface area contributed by atoms with E-state index in [-0.39, 0.29) is 12.3 Å². The summed E-state index contributed by atoms with van der Waals surface area (Å²) in [5.41, 5.74) is 2.83. The highest BCUT2D eigenvalue weighted by Crippen LogP contribution is 2.15. The van der Waals surface area contributed by atoms with E-state index in [1.165, 1.54) is 0 Å². The molecule has 1 amide bonds. The first-order valence-corrected chi connectivity index (χ1v) is 9.20. The largest absolute Gasteiger partial charge is 0.480 e. The molecule has 0 radical (unpaired) electrons. The molecule has 0 spiro atoms. The Hall–Kier alpha value is -1.88. The number of aliphatic carboxylic acids is 1. The Morgan fingerprint density at radius 1 is 1.12 bits per heavy atom. The van der Waals surface area contributed by atoms with E-state index in [0.29, 0.717) is 18.2 Å². The van der Waals surface area contributed by atoms with Crippen molar-refractivity contribution in [2.75, 3.05) is 11.9 Å². The fourth-order valence-corrected chi connectivity index (χ4v) is 2.94. The van der Waals surface area contributed by atoms with Crippen LogP contribution in [-0.4, -0.2) is 29.6 Å². The van der Waals surface area contributed by atoms with Crippen molar-refractivity contribution < 1.29 is 14.7 Å². The lowest BCUT2D eigenvalue weighted by Gasteiger charge is -2.19. The second kappa shape index (κ2) is 10.9. The van der Waals surface area contributed by atoms with Gasteiger partial charge in [0.15, 0.2) is 0 Å². The molecule has 25 heavy (non-hydrogen) atoms. The molecule has 0 aromatic heterocycles. The third-order valence-corrected chi connectivity index (χ3v) is 4.39. The molecule has 0 aliphatic carbocycles. The highest BCUT2D eigenvalue weighted by Gasteiger charge is 2.22. The molecule has 1 aromatic rings. The van der Waals surface area contributed by atoms with Crippen LogP contribution in [0.5, 0.6) is 0 Å². The van der Waals surface area contributed by atoms with Crippen molar-refractivity contribution in [3.05, 3.63) is 29.3 Å². The molecule has 0 aliphatic heterocycles. The lowest BCUT2D eigenvalue weighted by molar-refractivity contribution is -0.141. The molecule has 3 N–H and O–H groups in total. The Labute approximate surface area is 151 Å². The number of amides is 1. The molecule has 0 bridgehead atoms. The molecule has 5 heteroatoms. The van der Waals surface area contributed by atoms with E-state index < -0.39 is 12.0 Å². The maximum absolute atomic E-state index is 12.2. The fourth-order valence-electron chi connectivity index (χ4n) is 2.94. The van der Waals surface area contributed by atoms with Gasteiger partial charge < -0.3 is 15.7 Å². The van der Waals surface area contributed by atoms with Gasteiger partial charge in [-0.25, -0.2) is 0 Å². The molecule has 140 valence electrons. The molecule has 0 saturated carbocycles. The highest BCUT2D eigenvalue weighted by atomic mass is 16.4. The van der Waals surface area contributed by atoms with Crippen LogP contribution in [0.15, 0.2) is 18.2 Å². The Kier molecular flexibility index (Phi) is 9.21. The summed E-state index contributed by atoms with van der Waals surface area (Å²) in [7, 11) is 0. The number of nitrogens with one attached hydrogen (secondary N) is 2. The standard InChI is InChI=1S/C20H32N2O3/c1-5-7-8-16(6-2)13-21-18(20(24)25)12-19(23)22-17-10-14(3)9-15(4)11-17/h9-11,16,18,21H,5-8,12-13H2,1-4H3,(H,22,23)(H,24,25)/t16-,18+/m1/s1. The monoisotopic (exact) mass is 348 g/mol. The third kappa shape index (κ3) is 8.16. The number of carbonyl (C=O) groups is 2. The highest BCUT2D eigenvalue weighted by molar-refractivity contribution is 5.94. The maximum Gasteiger partial charge on any atom is 0.321 e. The molecule has 0 aliphatic rings. The normalized spacial score (nSPS) is 13.3. The molecule has 0 fully saturated rings. The topological polar surface area (TPSA) is 78.4 Å². The molecule has 0 unspecified atom stereocenters. The van der Waals surface area contributed by atoms with Crippen molar-refractivity contribution in [2.45, 2.75) is 65.8 Å². The third-order valence-electron chi connectivity index (χ3n) is 4.39. The van der Waals surface area contributed by atoms with E-state index in [9.17, 15) is 14.7 Å². The smallest absolute Gasteiger partial charge is 0.321 e. The van der Waals surface area contributed by atoms with Crippen LogP contribution in [0.2, 0.25) is 0 Å². The van der Waals surface area contributed by atoms with E-state index in [1.54, 1.807) is 0 Å². The molecule has 0 saturated heterocycles. The maximum atomic E-state index is 12.2. The lowest BCUT2D eigenvalue weighted by atomic mass is 9.99. The van der Waals surface area contributed by atoms with Crippen LogP contribution in [0.4, 0.5) is 5.69 Å². The van der Waals surface area contributed by atoms with Crippen molar-refractivity contribution in [3.63, 3.8) is 0 Å². The summed E-state index contributed by atoms with van der Waals surface area (Å²) < 4.78 is 0. The van der Waals surface area contributed by atoms with Crippen molar-refractivity contribution in [1.82, 2.24) is 5.32 Å². The number of unbranched alkanes of at least 4 members (excludes halogenated alkanes) is 1. The van der Waals surface area contributed by atoms with Crippen LogP contribution in [0.1, 0.15) is 57.1 Å². The van der Waals surface area contributed by atoms with Gasteiger partial charge in [0.2, 0.25) is 5.91 Å². The van der Waals surface area contributed by atoms with Crippen LogP contribution in [0.3, 0.4) is 0 Å². The molecule has 5 nitrogen and oxygen atoms in total. The quantitative estimate of drug-likeness (QED) is 0.567. The van der Waals surface area contributed by atoms with Crippen molar-refractivity contribution >= 4 is 17.6 Å². The molecular weight excluding hydrogens is 316 g/mol. The Morgan fingerprint density at radius 2 is 1.76 bits per heavy atom. The fraction of sp³-hybridized carbons (Fsp3) is 0.600. The van der Waals surface area contributed by atoms with Gasteiger partial charge in [-0.1, -0.05) is 39.2 Å². The minimum atomic E-state index is -0.985. The Morgan fingerprint density at radius 3 is 2.28 bits per heavy atom. The van der Waals surface area contributed by atoms with Crippen LogP contribution in [-0.2, 0) is 9.59 Å². The first-order valence-electron chi connectivity index (χ1n) is 9.20. The number of hydrogen-bond donors (Lipinski definition) is 3. The van der Waals surface area contributed by atoms with Crippen LogP contribution in [0.25, 0.3) is 0 Å². The zero-order valence-corrected chi connectivity index (χ0v) is 15.9. The van der Waals surface area contributed by atoms with Gasteiger partial charge in [0.05, 0.1) is 6.42 Å². The number of carboxylic acid groups (broad SMARTS) is 1. The van der Waals surface area contributed by atoms with Crippen LogP contribution < -0.4 is 10.6 Å². The van der Waals surface area contributed by atoms with Gasteiger partial charge in [-0.15, -0.1) is 0 Å². The molecule has 0 heterocycles. The lowest BCUT2D eigenvalue weighted by Crippen LogP contribution is -2.42. The first-order chi connectivity index (χ1) is 11.8. The number of carboxylic acids is 1. The molecular formula is C20H32N2O3. The summed E-state index contributed by atoms with van der Waals surface area (Å²) in [4.78, 5) is 23.7. The van der Waals surface area contributed by atoms with Crippen LogP contribution >= 0.6 is 0 Å². The van der Waals surface area contributed by atoms with E-state index in [4.69, 9.17) is 0 Å². The first kappa shape index (κ1) is 21.2. The van der Waals surface area contributed by atoms with E-state index in [1.807, 2.05) is 32.0 Å². The van der Waals surface area contributed by atoms with Gasteiger partial charge in [0, 0.05) is 5.69 Å². The Balaban J connectivity index is 2.58. The van der Waals surface area contributed by atoms with Crippen molar-refractivity contribution in [1.29, 1.82) is 0 Å². The minimum Gasteiger partial charge on any atom is -0.480 e. The van der Waals surface area contributed by atoms with E-state index in [2.05, 4.69) is 24.5 Å². The minimum absolute atomic E-state index is 0.0769. The summed E-state index contributed by atoms with van der Waals surface area (Å²) in [6.07, 6.45) is 4.30. The van der Waals surface area contributed by atoms with E-state index in [0.717, 1.165) is 36.8 Å². The number of carbonyl (C=O) groups excluding carboxylic acids is 1. The Bertz CT molecular complexity index is 552. The molecule has 2 atom stereocenters. The molecule has 1 aromatic carbocycles. The van der Waals surface area contributed by atoms with Gasteiger partial charge in [-0.05, 0) is 56.0 Å². The van der Waals surface area contributed by atoms with E-state index >= 15 is 0 Å². The van der Waals surface area contributed by atoms with Crippen molar-refractivity contribution in [2.24, 2.45) is 5.92 Å². The SMILES string of the molecule is CCCC[C@@H](CC)CN[C@@H](CC(=O)Nc1cc(C)cc(C)c1)C(=O)O. The van der Waals surface area contributed by atoms with Gasteiger partial charge in [-0.3, -0.25) is 9.59 Å². The van der Waals surface area contributed by atoms with Crippen LogP contribution in [0, 0.1) is 19.8 Å². The zero-order valence-electron chi connectivity index (χ0n) is 15.9.